The van der Waals surface area contributed by atoms with Crippen molar-refractivity contribution in [1.29, 1.82) is 0 Å². The monoisotopic (exact) mass is 337 g/mol. The van der Waals surface area contributed by atoms with Gasteiger partial charge in [-0.25, -0.2) is 8.78 Å². The highest BCUT2D eigenvalue weighted by Gasteiger charge is 2.11. The molecule has 0 saturated carbocycles. The Labute approximate surface area is 134 Å². The van der Waals surface area contributed by atoms with E-state index >= 15 is 0 Å². The average Bonchev–Trinajstić information content (AvgIpc) is 2.90. The quantitative estimate of drug-likeness (QED) is 0.765. The Morgan fingerprint density at radius 2 is 2.09 bits per heavy atom. The van der Waals surface area contributed by atoms with Crippen LogP contribution in [0.4, 0.5) is 14.6 Å². The fraction of sp³-hybridized carbons (Fsp3) is 0.0667. The lowest BCUT2D eigenvalue weighted by Crippen LogP contribution is -2.20. The zero-order valence-electron chi connectivity index (χ0n) is 11.6. The van der Waals surface area contributed by atoms with Crippen molar-refractivity contribution in [3.05, 3.63) is 53.1 Å². The summed E-state index contributed by atoms with van der Waals surface area (Å²) in [7, 11) is 0. The average molecular weight is 338 g/mol. The van der Waals surface area contributed by atoms with E-state index in [0.29, 0.717) is 10.9 Å². The van der Waals surface area contributed by atoms with Crippen LogP contribution in [0.15, 0.2) is 36.4 Å². The number of anilines is 1. The third-order valence-electron chi connectivity index (χ3n) is 3.04. The van der Waals surface area contributed by atoms with E-state index in [2.05, 4.69) is 15.5 Å². The third-order valence-corrected chi connectivity index (χ3v) is 3.33. The molecule has 1 heterocycles. The van der Waals surface area contributed by atoms with E-state index in [1.54, 1.807) is 0 Å². The van der Waals surface area contributed by atoms with E-state index < -0.39 is 17.5 Å². The van der Waals surface area contributed by atoms with Crippen molar-refractivity contribution in [1.82, 2.24) is 10.2 Å². The Kier molecular flexibility index (Phi) is 4.12. The van der Waals surface area contributed by atoms with E-state index in [9.17, 15) is 13.6 Å². The van der Waals surface area contributed by atoms with Crippen molar-refractivity contribution in [2.24, 2.45) is 0 Å². The van der Waals surface area contributed by atoms with Crippen LogP contribution in [-0.4, -0.2) is 22.7 Å². The largest absolute Gasteiger partial charge is 0.484 e. The molecule has 8 heteroatoms. The maximum absolute atomic E-state index is 13.1. The number of aromatic nitrogens is 2. The number of halogens is 3. The van der Waals surface area contributed by atoms with Crippen molar-refractivity contribution in [2.45, 2.75) is 0 Å². The first-order valence-corrected chi connectivity index (χ1v) is 6.92. The number of rotatable bonds is 4. The van der Waals surface area contributed by atoms with Gasteiger partial charge in [-0.05, 0) is 30.3 Å². The molecule has 0 aliphatic heterocycles. The lowest BCUT2D eigenvalue weighted by Gasteiger charge is -2.06. The fourth-order valence-corrected chi connectivity index (χ4v) is 2.14. The summed E-state index contributed by atoms with van der Waals surface area (Å²) in [5.74, 6) is -0.913. The minimum absolute atomic E-state index is 0.0942. The van der Waals surface area contributed by atoms with Gasteiger partial charge in [0, 0.05) is 11.5 Å². The summed E-state index contributed by atoms with van der Waals surface area (Å²) in [6.07, 6.45) is 0. The second kappa shape index (κ2) is 6.21. The summed E-state index contributed by atoms with van der Waals surface area (Å²) in [4.78, 5) is 11.9. The van der Waals surface area contributed by atoms with Gasteiger partial charge < -0.3 is 10.1 Å². The van der Waals surface area contributed by atoms with Crippen molar-refractivity contribution in [3.8, 4) is 5.75 Å². The molecular formula is C15H10ClF2N3O2. The van der Waals surface area contributed by atoms with Crippen LogP contribution < -0.4 is 10.1 Å². The maximum atomic E-state index is 13.1. The molecule has 1 amide bonds. The van der Waals surface area contributed by atoms with Crippen molar-refractivity contribution < 1.29 is 18.3 Å². The molecule has 0 aliphatic rings. The lowest BCUT2D eigenvalue weighted by atomic mass is 10.2. The summed E-state index contributed by atoms with van der Waals surface area (Å²) in [6.45, 7) is -0.308. The minimum Gasteiger partial charge on any atom is -0.484 e. The van der Waals surface area contributed by atoms with Crippen molar-refractivity contribution in [3.63, 3.8) is 0 Å². The predicted molar refractivity (Wildman–Crippen MR) is 81.6 cm³/mol. The molecule has 0 saturated heterocycles. The molecule has 2 aromatic carbocycles. The van der Waals surface area contributed by atoms with E-state index in [0.717, 1.165) is 6.07 Å². The fourth-order valence-electron chi connectivity index (χ4n) is 1.97. The highest BCUT2D eigenvalue weighted by atomic mass is 35.5. The van der Waals surface area contributed by atoms with E-state index in [-0.39, 0.29) is 23.2 Å². The summed E-state index contributed by atoms with van der Waals surface area (Å²) in [5.41, 5.74) is 0.464. The molecule has 0 aliphatic carbocycles. The number of hydrogen-bond acceptors (Lipinski definition) is 3. The van der Waals surface area contributed by atoms with Gasteiger partial charge in [-0.15, -0.1) is 0 Å². The molecule has 1 aromatic heterocycles. The number of fused-ring (bicyclic) bond motifs is 1. The number of nitrogens with zero attached hydrogens (tertiary/aromatic N) is 1. The molecule has 23 heavy (non-hydrogen) atoms. The molecule has 0 radical (unpaired) electrons. The molecule has 118 valence electrons. The molecular weight excluding hydrogens is 328 g/mol. The summed E-state index contributed by atoms with van der Waals surface area (Å²) in [5, 5.41) is 9.55. The number of ether oxygens (including phenoxy) is 1. The molecule has 0 atom stereocenters. The first-order valence-electron chi connectivity index (χ1n) is 6.54. The summed E-state index contributed by atoms with van der Waals surface area (Å²) < 4.78 is 31.3. The number of amides is 1. The number of H-pyrrole nitrogens is 1. The molecule has 0 unspecified atom stereocenters. The van der Waals surface area contributed by atoms with Crippen LogP contribution in [-0.2, 0) is 4.79 Å². The Morgan fingerprint density at radius 3 is 2.87 bits per heavy atom. The van der Waals surface area contributed by atoms with Gasteiger partial charge in [0.05, 0.1) is 10.5 Å². The first kappa shape index (κ1) is 15.2. The molecule has 3 aromatic rings. The predicted octanol–water partition coefficient (Wildman–Crippen LogP) is 3.51. The number of carbonyl (C=O) groups is 1. The molecule has 3 rings (SSSR count). The number of benzene rings is 2. The maximum Gasteiger partial charge on any atom is 0.263 e. The van der Waals surface area contributed by atoms with Gasteiger partial charge in [0.25, 0.3) is 5.91 Å². The van der Waals surface area contributed by atoms with Crippen LogP contribution >= 0.6 is 11.6 Å². The molecule has 0 bridgehead atoms. The van der Waals surface area contributed by atoms with Crippen LogP contribution in [0.25, 0.3) is 10.9 Å². The van der Waals surface area contributed by atoms with Gasteiger partial charge in [0.1, 0.15) is 17.4 Å². The van der Waals surface area contributed by atoms with Crippen molar-refractivity contribution >= 4 is 34.2 Å². The van der Waals surface area contributed by atoms with Crippen LogP contribution in [0.5, 0.6) is 5.75 Å². The van der Waals surface area contributed by atoms with Gasteiger partial charge in [0.2, 0.25) is 0 Å². The minimum atomic E-state index is -0.571. The second-order valence-corrected chi connectivity index (χ2v) is 5.08. The number of nitrogens with one attached hydrogen (secondary N) is 2. The van der Waals surface area contributed by atoms with Gasteiger partial charge in [-0.3, -0.25) is 9.89 Å². The number of carbonyl (C=O) groups excluding carboxylic acids is 1. The molecule has 0 fully saturated rings. The van der Waals surface area contributed by atoms with Gasteiger partial charge in [-0.1, -0.05) is 11.6 Å². The summed E-state index contributed by atoms with van der Waals surface area (Å²) in [6, 6.07) is 7.83. The Morgan fingerprint density at radius 1 is 1.26 bits per heavy atom. The smallest absolute Gasteiger partial charge is 0.263 e. The van der Waals surface area contributed by atoms with Crippen LogP contribution in [0.2, 0.25) is 5.02 Å². The molecule has 5 nitrogen and oxygen atoms in total. The number of hydrogen-bond donors (Lipinski definition) is 2. The Balaban J connectivity index is 1.65. The van der Waals surface area contributed by atoms with Crippen LogP contribution in [0, 0.1) is 11.6 Å². The molecule has 0 spiro atoms. The zero-order valence-corrected chi connectivity index (χ0v) is 12.3. The lowest BCUT2D eigenvalue weighted by molar-refractivity contribution is -0.118. The van der Waals surface area contributed by atoms with Gasteiger partial charge in [0.15, 0.2) is 12.4 Å². The zero-order chi connectivity index (χ0) is 16.4. The highest BCUT2D eigenvalue weighted by molar-refractivity contribution is 6.30. The van der Waals surface area contributed by atoms with Crippen molar-refractivity contribution in [2.75, 3.05) is 11.9 Å². The number of aromatic amines is 1. The second-order valence-electron chi connectivity index (χ2n) is 4.67. The highest BCUT2D eigenvalue weighted by Crippen LogP contribution is 2.22. The van der Waals surface area contributed by atoms with Crippen LogP contribution in [0.1, 0.15) is 0 Å². The first-order chi connectivity index (χ1) is 11.0. The standard InChI is InChI=1S/C15H10ClF2N3O2/c16-11-6-9(2-4-12(11)18)23-7-14(22)19-15-10-3-1-8(17)5-13(10)20-21-15/h1-6H,7H2,(H2,19,20,21,22). The van der Waals surface area contributed by atoms with E-state index in [1.165, 1.54) is 30.3 Å². The third kappa shape index (κ3) is 3.40. The van der Waals surface area contributed by atoms with E-state index in [1.807, 2.05) is 0 Å². The van der Waals surface area contributed by atoms with Gasteiger partial charge in [-0.2, -0.15) is 5.10 Å². The Hall–Kier alpha value is -2.67. The van der Waals surface area contributed by atoms with Gasteiger partial charge >= 0.3 is 0 Å². The normalized spacial score (nSPS) is 10.7. The SMILES string of the molecule is O=C(COc1ccc(F)c(Cl)c1)Nc1n[nH]c2cc(F)ccc12. The topological polar surface area (TPSA) is 67.0 Å². The molecule has 2 N–H and O–H groups in total. The van der Waals surface area contributed by atoms with Crippen LogP contribution in [0.3, 0.4) is 0 Å². The van der Waals surface area contributed by atoms with E-state index in [4.69, 9.17) is 16.3 Å². The summed E-state index contributed by atoms with van der Waals surface area (Å²) >= 11 is 5.62. The Bertz CT molecular complexity index is 882.